The van der Waals surface area contributed by atoms with Gasteiger partial charge in [0, 0.05) is 6.54 Å². The Labute approximate surface area is 149 Å². The van der Waals surface area contributed by atoms with Crippen LogP contribution in [0, 0.1) is 0 Å². The van der Waals surface area contributed by atoms with Crippen molar-refractivity contribution in [3.05, 3.63) is 64.7 Å². The molecule has 126 valence electrons. The number of amides is 3. The highest BCUT2D eigenvalue weighted by molar-refractivity contribution is 6.36. The molecule has 2 aliphatic heterocycles. The topological polar surface area (TPSA) is 57.7 Å². The quantitative estimate of drug-likeness (QED) is 0.739. The van der Waals surface area contributed by atoms with E-state index in [0.717, 1.165) is 11.3 Å². The van der Waals surface area contributed by atoms with E-state index in [0.29, 0.717) is 24.2 Å². The molecule has 2 aromatic carbocycles. The van der Waals surface area contributed by atoms with Crippen LogP contribution in [0.25, 0.3) is 0 Å². The number of hydrogen-bond donors (Lipinski definition) is 0. The predicted octanol–water partition coefficient (Wildman–Crippen LogP) is 3.13. The van der Waals surface area contributed by atoms with E-state index >= 15 is 0 Å². The maximum absolute atomic E-state index is 13.1. The molecule has 3 amide bonds. The summed E-state index contributed by atoms with van der Waals surface area (Å²) in [6.45, 7) is 0.525. The van der Waals surface area contributed by atoms with Crippen molar-refractivity contribution in [1.29, 1.82) is 0 Å². The van der Waals surface area contributed by atoms with Crippen LogP contribution in [0.3, 0.4) is 0 Å². The standard InChI is InChI=1S/C19H15ClN2O3/c20-14-8-3-1-6-12(14)18(24)22-15-9-4-2-7-13(15)17(23)21-11-5-10-16(21)19(22)25/h1-4,6-9,16H,5,10-11H2. The lowest BCUT2D eigenvalue weighted by Gasteiger charge is -2.24. The molecule has 25 heavy (non-hydrogen) atoms. The number of fused-ring (bicyclic) bond motifs is 2. The van der Waals surface area contributed by atoms with E-state index in [1.165, 1.54) is 0 Å². The van der Waals surface area contributed by atoms with Gasteiger partial charge in [-0.2, -0.15) is 0 Å². The van der Waals surface area contributed by atoms with E-state index in [1.54, 1.807) is 53.4 Å². The molecule has 4 rings (SSSR count). The Morgan fingerprint density at radius 1 is 1.04 bits per heavy atom. The summed E-state index contributed by atoms with van der Waals surface area (Å²) in [5.74, 6) is -1.09. The Hall–Kier alpha value is -2.66. The van der Waals surface area contributed by atoms with Gasteiger partial charge in [-0.05, 0) is 37.1 Å². The summed E-state index contributed by atoms with van der Waals surface area (Å²) in [6, 6.07) is 12.7. The number of carbonyl (C=O) groups is 3. The highest BCUT2D eigenvalue weighted by Gasteiger charge is 2.44. The zero-order chi connectivity index (χ0) is 17.6. The van der Waals surface area contributed by atoms with Gasteiger partial charge in [0.1, 0.15) is 6.04 Å². The van der Waals surface area contributed by atoms with Crippen LogP contribution in [0.15, 0.2) is 48.5 Å². The highest BCUT2D eigenvalue weighted by atomic mass is 35.5. The molecule has 0 N–H and O–H groups in total. The van der Waals surface area contributed by atoms with E-state index in [9.17, 15) is 14.4 Å². The van der Waals surface area contributed by atoms with Crippen molar-refractivity contribution in [2.75, 3.05) is 11.4 Å². The van der Waals surface area contributed by atoms with Crippen LogP contribution in [0.5, 0.6) is 0 Å². The second-order valence-electron chi connectivity index (χ2n) is 6.13. The van der Waals surface area contributed by atoms with Gasteiger partial charge < -0.3 is 4.90 Å². The van der Waals surface area contributed by atoms with Gasteiger partial charge in [-0.1, -0.05) is 35.9 Å². The van der Waals surface area contributed by atoms with Gasteiger partial charge in [-0.15, -0.1) is 0 Å². The maximum atomic E-state index is 13.1. The minimum Gasteiger partial charge on any atom is -0.327 e. The Balaban J connectivity index is 1.89. The molecule has 0 radical (unpaired) electrons. The second kappa shape index (κ2) is 6.01. The van der Waals surface area contributed by atoms with Crippen LogP contribution >= 0.6 is 11.6 Å². The molecule has 1 saturated heterocycles. The molecular weight excluding hydrogens is 340 g/mol. The van der Waals surface area contributed by atoms with Gasteiger partial charge >= 0.3 is 0 Å². The SMILES string of the molecule is O=C(c1ccccc1Cl)N1C(=O)C2CCCN2C(=O)c2ccccc21. The molecule has 1 fully saturated rings. The van der Waals surface area contributed by atoms with Crippen molar-refractivity contribution in [1.82, 2.24) is 4.90 Å². The lowest BCUT2D eigenvalue weighted by Crippen LogP contribution is -2.47. The molecule has 0 spiro atoms. The Kier molecular flexibility index (Phi) is 3.81. The number of imide groups is 1. The molecule has 0 bridgehead atoms. The summed E-state index contributed by atoms with van der Waals surface area (Å²) in [5.41, 5.74) is 0.920. The summed E-state index contributed by atoms with van der Waals surface area (Å²) in [5, 5.41) is 0.275. The van der Waals surface area contributed by atoms with Crippen LogP contribution in [-0.2, 0) is 4.79 Å². The van der Waals surface area contributed by atoms with E-state index in [1.807, 2.05) is 0 Å². The van der Waals surface area contributed by atoms with Crippen LogP contribution in [0.1, 0.15) is 33.6 Å². The Morgan fingerprint density at radius 3 is 2.56 bits per heavy atom. The molecule has 2 aliphatic rings. The van der Waals surface area contributed by atoms with E-state index in [2.05, 4.69) is 0 Å². The monoisotopic (exact) mass is 354 g/mol. The van der Waals surface area contributed by atoms with Gasteiger partial charge in [-0.25, -0.2) is 4.90 Å². The first-order valence-electron chi connectivity index (χ1n) is 8.12. The largest absolute Gasteiger partial charge is 0.327 e. The minimum atomic E-state index is -0.605. The molecule has 0 saturated carbocycles. The van der Waals surface area contributed by atoms with E-state index < -0.39 is 11.9 Å². The number of para-hydroxylation sites is 1. The van der Waals surface area contributed by atoms with Crippen LogP contribution in [-0.4, -0.2) is 35.2 Å². The van der Waals surface area contributed by atoms with Crippen molar-refractivity contribution < 1.29 is 14.4 Å². The zero-order valence-electron chi connectivity index (χ0n) is 13.3. The molecule has 2 heterocycles. The normalized spacial score (nSPS) is 19.5. The first-order valence-corrected chi connectivity index (χ1v) is 8.50. The molecular formula is C19H15ClN2O3. The second-order valence-corrected chi connectivity index (χ2v) is 6.54. The fraction of sp³-hybridized carbons (Fsp3) is 0.211. The fourth-order valence-corrected chi connectivity index (χ4v) is 3.72. The van der Waals surface area contributed by atoms with Crippen molar-refractivity contribution in [3.63, 3.8) is 0 Å². The number of nitrogens with zero attached hydrogens (tertiary/aromatic N) is 2. The summed E-state index contributed by atoms with van der Waals surface area (Å²) in [7, 11) is 0. The third kappa shape index (κ3) is 2.43. The van der Waals surface area contributed by atoms with E-state index in [4.69, 9.17) is 11.6 Å². The highest BCUT2D eigenvalue weighted by Crippen LogP contribution is 2.34. The Bertz CT molecular complexity index is 896. The zero-order valence-corrected chi connectivity index (χ0v) is 14.1. The lowest BCUT2D eigenvalue weighted by molar-refractivity contribution is -0.121. The number of hydrogen-bond acceptors (Lipinski definition) is 3. The van der Waals surface area contributed by atoms with E-state index in [-0.39, 0.29) is 22.4 Å². The van der Waals surface area contributed by atoms with Crippen LogP contribution < -0.4 is 4.90 Å². The summed E-state index contributed by atoms with van der Waals surface area (Å²) in [4.78, 5) is 41.8. The van der Waals surface area contributed by atoms with Gasteiger partial charge in [-0.3, -0.25) is 14.4 Å². The van der Waals surface area contributed by atoms with Crippen LogP contribution in [0.4, 0.5) is 5.69 Å². The van der Waals surface area contributed by atoms with Gasteiger partial charge in [0.15, 0.2) is 0 Å². The van der Waals surface area contributed by atoms with Gasteiger partial charge in [0.2, 0.25) is 0 Å². The number of halogens is 1. The Morgan fingerprint density at radius 2 is 1.76 bits per heavy atom. The first-order chi connectivity index (χ1) is 12.1. The van der Waals surface area contributed by atoms with Crippen LogP contribution in [0.2, 0.25) is 5.02 Å². The van der Waals surface area contributed by atoms with Crippen molar-refractivity contribution in [2.45, 2.75) is 18.9 Å². The lowest BCUT2D eigenvalue weighted by atomic mass is 10.1. The third-order valence-electron chi connectivity index (χ3n) is 4.70. The molecule has 0 aliphatic carbocycles. The third-order valence-corrected chi connectivity index (χ3v) is 5.03. The predicted molar refractivity (Wildman–Crippen MR) is 93.8 cm³/mol. The van der Waals surface area contributed by atoms with Crippen molar-refractivity contribution in [3.8, 4) is 0 Å². The number of carbonyl (C=O) groups excluding carboxylic acids is 3. The van der Waals surface area contributed by atoms with Gasteiger partial charge in [0.25, 0.3) is 17.7 Å². The van der Waals surface area contributed by atoms with Gasteiger partial charge in [0.05, 0.1) is 21.8 Å². The molecule has 5 nitrogen and oxygen atoms in total. The number of benzene rings is 2. The summed E-state index contributed by atoms with van der Waals surface area (Å²) >= 11 is 6.16. The molecule has 2 aromatic rings. The average Bonchev–Trinajstić information content (AvgIpc) is 3.09. The molecule has 0 aromatic heterocycles. The molecule has 6 heteroatoms. The minimum absolute atomic E-state index is 0.207. The van der Waals surface area contributed by atoms with Crippen molar-refractivity contribution >= 4 is 35.0 Å². The fourth-order valence-electron chi connectivity index (χ4n) is 3.50. The number of anilines is 1. The smallest absolute Gasteiger partial charge is 0.266 e. The van der Waals surface area contributed by atoms with Crippen molar-refractivity contribution in [2.24, 2.45) is 0 Å². The number of rotatable bonds is 1. The molecule has 1 unspecified atom stereocenters. The molecule has 1 atom stereocenters. The summed E-state index contributed by atoms with van der Waals surface area (Å²) in [6.07, 6.45) is 1.31. The maximum Gasteiger partial charge on any atom is 0.266 e. The average molecular weight is 355 g/mol. The first kappa shape index (κ1) is 15.8. The summed E-state index contributed by atoms with van der Waals surface area (Å²) < 4.78 is 0.